The van der Waals surface area contributed by atoms with Crippen LogP contribution in [0.1, 0.15) is 56.3 Å². The van der Waals surface area contributed by atoms with Gasteiger partial charge in [-0.25, -0.2) is 0 Å². The van der Waals surface area contributed by atoms with E-state index in [9.17, 15) is 15.0 Å². The molecule has 0 atom stereocenters. The first-order valence-electron chi connectivity index (χ1n) is 7.81. The molecule has 1 aliphatic carbocycles. The topological polar surface area (TPSA) is 60.8 Å². The molecule has 1 fully saturated rings. The van der Waals surface area contributed by atoms with Gasteiger partial charge in [-0.05, 0) is 37.3 Å². The van der Waals surface area contributed by atoms with Crippen molar-refractivity contribution in [1.29, 1.82) is 0 Å². The Labute approximate surface area is 126 Å². The molecule has 1 aliphatic rings. The molecule has 2 N–H and O–H groups in total. The van der Waals surface area contributed by atoms with Gasteiger partial charge in [0, 0.05) is 24.2 Å². The minimum atomic E-state index is -0.0891. The van der Waals surface area contributed by atoms with Crippen LogP contribution >= 0.6 is 0 Å². The Kier molecular flexibility index (Phi) is 5.10. The van der Waals surface area contributed by atoms with E-state index in [1.807, 2.05) is 4.90 Å². The van der Waals surface area contributed by atoms with Gasteiger partial charge >= 0.3 is 0 Å². The van der Waals surface area contributed by atoms with Gasteiger partial charge in [0.2, 0.25) is 0 Å². The quantitative estimate of drug-likeness (QED) is 0.872. The van der Waals surface area contributed by atoms with Crippen LogP contribution in [0.2, 0.25) is 0 Å². The first-order valence-corrected chi connectivity index (χ1v) is 7.81. The molecular formula is C17H25NO3. The molecule has 0 radical (unpaired) electrons. The number of hydrogen-bond acceptors (Lipinski definition) is 3. The van der Waals surface area contributed by atoms with Crippen LogP contribution in [0.4, 0.5) is 0 Å². The van der Waals surface area contributed by atoms with Gasteiger partial charge in [-0.3, -0.25) is 4.79 Å². The number of carbonyl (C=O) groups excluding carboxylic acids is 1. The Morgan fingerprint density at radius 2 is 1.76 bits per heavy atom. The van der Waals surface area contributed by atoms with E-state index >= 15 is 0 Å². The van der Waals surface area contributed by atoms with Gasteiger partial charge in [0.1, 0.15) is 11.5 Å². The highest BCUT2D eigenvalue weighted by atomic mass is 16.3. The molecule has 0 unspecified atom stereocenters. The van der Waals surface area contributed by atoms with E-state index in [0.717, 1.165) is 25.8 Å². The van der Waals surface area contributed by atoms with Crippen LogP contribution in [0.25, 0.3) is 0 Å². The van der Waals surface area contributed by atoms with E-state index in [1.54, 1.807) is 0 Å². The molecule has 0 bridgehead atoms. The fourth-order valence-corrected chi connectivity index (χ4v) is 2.95. The van der Waals surface area contributed by atoms with Crippen LogP contribution in [0.3, 0.4) is 0 Å². The summed E-state index contributed by atoms with van der Waals surface area (Å²) in [5.41, 5.74) is 0.364. The van der Waals surface area contributed by atoms with Gasteiger partial charge in [0.25, 0.3) is 5.91 Å². The lowest BCUT2D eigenvalue weighted by molar-refractivity contribution is 0.0671. The van der Waals surface area contributed by atoms with Crippen molar-refractivity contribution < 1.29 is 15.0 Å². The highest BCUT2D eigenvalue weighted by Crippen LogP contribution is 2.27. The summed E-state index contributed by atoms with van der Waals surface area (Å²) in [7, 11) is 0. The summed E-state index contributed by atoms with van der Waals surface area (Å²) in [6.07, 6.45) is 5.40. The Balaban J connectivity index is 2.19. The lowest BCUT2D eigenvalue weighted by Crippen LogP contribution is -2.40. The Morgan fingerprint density at radius 3 is 2.29 bits per heavy atom. The maximum Gasteiger partial charge on any atom is 0.254 e. The Hall–Kier alpha value is -1.71. The van der Waals surface area contributed by atoms with E-state index in [1.165, 1.54) is 31.0 Å². The molecule has 0 saturated heterocycles. The summed E-state index contributed by atoms with van der Waals surface area (Å²) in [6, 6.07) is 4.39. The Morgan fingerprint density at radius 1 is 1.19 bits per heavy atom. The second-order valence-corrected chi connectivity index (χ2v) is 6.36. The molecule has 0 heterocycles. The maximum absolute atomic E-state index is 12.8. The Bertz CT molecular complexity index is 473. The number of benzene rings is 1. The van der Waals surface area contributed by atoms with E-state index < -0.39 is 0 Å². The van der Waals surface area contributed by atoms with E-state index in [2.05, 4.69) is 13.8 Å². The largest absolute Gasteiger partial charge is 0.508 e. The maximum atomic E-state index is 12.8. The molecule has 0 aromatic heterocycles. The van der Waals surface area contributed by atoms with Crippen molar-refractivity contribution in [3.8, 4) is 11.5 Å². The van der Waals surface area contributed by atoms with E-state index in [0.29, 0.717) is 17.5 Å². The smallest absolute Gasteiger partial charge is 0.254 e. The normalized spacial score (nSPS) is 15.6. The molecule has 1 saturated carbocycles. The molecule has 2 rings (SSSR count). The fraction of sp³-hybridized carbons (Fsp3) is 0.588. The summed E-state index contributed by atoms with van der Waals surface area (Å²) in [4.78, 5) is 14.7. The third-order valence-corrected chi connectivity index (χ3v) is 4.12. The second-order valence-electron chi connectivity index (χ2n) is 6.36. The molecule has 116 valence electrons. The predicted octanol–water partition coefficient (Wildman–Crippen LogP) is 3.53. The third-order valence-electron chi connectivity index (χ3n) is 4.12. The first kappa shape index (κ1) is 15.7. The predicted molar refractivity (Wildman–Crippen MR) is 82.5 cm³/mol. The highest BCUT2D eigenvalue weighted by Gasteiger charge is 2.27. The van der Waals surface area contributed by atoms with Gasteiger partial charge in [0.15, 0.2) is 0 Å². The lowest BCUT2D eigenvalue weighted by Gasteiger charge is -2.30. The average Bonchev–Trinajstić information content (AvgIpc) is 2.91. The summed E-state index contributed by atoms with van der Waals surface area (Å²) < 4.78 is 0. The molecule has 1 aromatic rings. The van der Waals surface area contributed by atoms with Crippen molar-refractivity contribution in [3.63, 3.8) is 0 Å². The molecule has 4 heteroatoms. The van der Waals surface area contributed by atoms with Gasteiger partial charge < -0.3 is 15.1 Å². The summed E-state index contributed by atoms with van der Waals surface area (Å²) in [5, 5.41) is 19.2. The van der Waals surface area contributed by atoms with Crippen LogP contribution in [-0.4, -0.2) is 33.6 Å². The minimum Gasteiger partial charge on any atom is -0.508 e. The monoisotopic (exact) mass is 291 g/mol. The zero-order chi connectivity index (χ0) is 15.4. The van der Waals surface area contributed by atoms with E-state index in [4.69, 9.17) is 0 Å². The van der Waals surface area contributed by atoms with Crippen LogP contribution in [0.15, 0.2) is 18.2 Å². The van der Waals surface area contributed by atoms with E-state index in [-0.39, 0.29) is 17.4 Å². The minimum absolute atomic E-state index is 0.0754. The third kappa shape index (κ3) is 4.13. The average molecular weight is 291 g/mol. The number of rotatable bonds is 5. The molecule has 1 amide bonds. The fourth-order valence-electron chi connectivity index (χ4n) is 2.95. The molecule has 21 heavy (non-hydrogen) atoms. The van der Waals surface area contributed by atoms with Crippen molar-refractivity contribution in [2.75, 3.05) is 6.54 Å². The highest BCUT2D eigenvalue weighted by molar-refractivity contribution is 5.95. The number of phenolic OH excluding ortho intramolecular Hbond substituents is 2. The second kappa shape index (κ2) is 6.83. The van der Waals surface area contributed by atoms with Crippen molar-refractivity contribution in [1.82, 2.24) is 4.90 Å². The summed E-state index contributed by atoms with van der Waals surface area (Å²) in [5.74, 6) is 0.301. The molecule has 1 aromatic carbocycles. The number of aromatic hydroxyl groups is 2. The number of amides is 1. The van der Waals surface area contributed by atoms with Crippen molar-refractivity contribution in [2.45, 2.75) is 52.0 Å². The van der Waals surface area contributed by atoms with Crippen molar-refractivity contribution >= 4 is 5.91 Å². The summed E-state index contributed by atoms with van der Waals surface area (Å²) >= 11 is 0. The number of phenols is 2. The van der Waals surface area contributed by atoms with Crippen LogP contribution in [0, 0.1) is 5.92 Å². The number of carbonyl (C=O) groups is 1. The molecule has 4 nitrogen and oxygen atoms in total. The number of hydrogen-bond donors (Lipinski definition) is 2. The number of nitrogens with zero attached hydrogens (tertiary/aromatic N) is 1. The lowest BCUT2D eigenvalue weighted by atomic mass is 10.1. The zero-order valence-electron chi connectivity index (χ0n) is 12.9. The van der Waals surface area contributed by atoms with Crippen molar-refractivity contribution in [2.24, 2.45) is 5.92 Å². The molecule has 0 spiro atoms. The summed E-state index contributed by atoms with van der Waals surface area (Å²) in [6.45, 7) is 5.03. The van der Waals surface area contributed by atoms with Gasteiger partial charge in [0.05, 0.1) is 0 Å². The van der Waals surface area contributed by atoms with Crippen molar-refractivity contribution in [3.05, 3.63) is 23.8 Å². The first-order chi connectivity index (χ1) is 9.97. The van der Waals surface area contributed by atoms with Gasteiger partial charge in [-0.15, -0.1) is 0 Å². The van der Waals surface area contributed by atoms with Gasteiger partial charge in [-0.1, -0.05) is 26.7 Å². The van der Waals surface area contributed by atoms with Crippen LogP contribution in [-0.2, 0) is 0 Å². The SMILES string of the molecule is CC(C)CCN(C(=O)c1cc(O)cc(O)c1)C1CCCC1. The van der Waals surface area contributed by atoms with Crippen LogP contribution in [0.5, 0.6) is 11.5 Å². The standard InChI is InChI=1S/C17H25NO3/c1-12(2)7-8-18(14-5-3-4-6-14)17(21)13-9-15(19)11-16(20)10-13/h9-12,14,19-20H,3-8H2,1-2H3. The zero-order valence-corrected chi connectivity index (χ0v) is 12.9. The molecular weight excluding hydrogens is 266 g/mol. The van der Waals surface area contributed by atoms with Gasteiger partial charge in [-0.2, -0.15) is 0 Å². The van der Waals surface area contributed by atoms with Crippen LogP contribution < -0.4 is 0 Å². The molecule has 0 aliphatic heterocycles.